The molecule has 31 heavy (non-hydrogen) atoms. The topological polar surface area (TPSA) is 35.6 Å². The summed E-state index contributed by atoms with van der Waals surface area (Å²) in [5.74, 6) is 0. The van der Waals surface area contributed by atoms with Crippen LogP contribution in [-0.2, 0) is 12.8 Å². The summed E-state index contributed by atoms with van der Waals surface area (Å²) in [5, 5.41) is 11.5. The summed E-state index contributed by atoms with van der Waals surface area (Å²) in [6.07, 6.45) is 6.13. The smallest absolute Gasteiger partial charge is 0.0867 e. The molecular formula is C26H21BrN4. The van der Waals surface area contributed by atoms with Gasteiger partial charge in [-0.3, -0.25) is 0 Å². The number of halogens is 1. The van der Waals surface area contributed by atoms with Gasteiger partial charge in [-0.25, -0.2) is 4.68 Å². The second-order valence-corrected chi connectivity index (χ2v) is 8.99. The summed E-state index contributed by atoms with van der Waals surface area (Å²) in [6.45, 7) is 0. The van der Waals surface area contributed by atoms with Crippen LogP contribution in [0.15, 0.2) is 83.4 Å². The van der Waals surface area contributed by atoms with Gasteiger partial charge >= 0.3 is 0 Å². The molecule has 0 unspecified atom stereocenters. The maximum Gasteiger partial charge on any atom is 0.0867 e. The lowest BCUT2D eigenvalue weighted by molar-refractivity contribution is 0.755. The predicted octanol–water partition coefficient (Wildman–Crippen LogP) is 6.52. The summed E-state index contributed by atoms with van der Waals surface area (Å²) in [7, 11) is 0. The lowest BCUT2D eigenvalue weighted by Gasteiger charge is -2.12. The molecule has 5 heteroatoms. The number of allylic oxidation sites excluding steroid dienone is 2. The fourth-order valence-corrected chi connectivity index (χ4v) is 5.06. The van der Waals surface area contributed by atoms with E-state index in [2.05, 4.69) is 110 Å². The Bertz CT molecular complexity index is 1390. The number of nitrogens with zero attached hydrogens (tertiary/aromatic N) is 4. The molecule has 0 radical (unpaired) electrons. The second kappa shape index (κ2) is 7.50. The van der Waals surface area contributed by atoms with Gasteiger partial charge < -0.3 is 4.57 Å². The Balaban J connectivity index is 1.44. The summed E-state index contributed by atoms with van der Waals surface area (Å²) in [6, 6.07) is 25.9. The molecule has 0 bridgehead atoms. The molecule has 0 N–H and O–H groups in total. The first-order valence-corrected chi connectivity index (χ1v) is 11.5. The molecule has 0 saturated heterocycles. The Morgan fingerprint density at radius 3 is 2.06 bits per heavy atom. The van der Waals surface area contributed by atoms with Crippen LogP contribution in [0.2, 0.25) is 0 Å². The minimum Gasteiger partial charge on any atom is -0.309 e. The minimum absolute atomic E-state index is 0.922. The highest BCUT2D eigenvalue weighted by molar-refractivity contribution is 9.11. The molecule has 5 aromatic rings. The van der Waals surface area contributed by atoms with Crippen molar-refractivity contribution in [3.8, 4) is 11.4 Å². The average molecular weight is 469 g/mol. The Hall–Kier alpha value is -3.18. The maximum absolute atomic E-state index is 4.49. The third-order valence-electron chi connectivity index (χ3n) is 6.12. The number of aromatic nitrogens is 4. The molecule has 6 rings (SSSR count). The Morgan fingerprint density at radius 1 is 0.710 bits per heavy atom. The van der Waals surface area contributed by atoms with Gasteiger partial charge in [-0.1, -0.05) is 63.6 Å². The van der Waals surface area contributed by atoms with Crippen LogP contribution in [0, 0.1) is 0 Å². The van der Waals surface area contributed by atoms with Crippen LogP contribution in [0.5, 0.6) is 0 Å². The van der Waals surface area contributed by atoms with Crippen molar-refractivity contribution in [1.82, 2.24) is 19.6 Å². The van der Waals surface area contributed by atoms with Crippen LogP contribution in [0.1, 0.15) is 24.2 Å². The number of hydrogen-bond donors (Lipinski definition) is 0. The normalized spacial score (nSPS) is 16.0. The summed E-state index contributed by atoms with van der Waals surface area (Å²) in [4.78, 5) is 0. The van der Waals surface area contributed by atoms with E-state index >= 15 is 0 Å². The lowest BCUT2D eigenvalue weighted by Crippen LogP contribution is -2.05. The monoisotopic (exact) mass is 468 g/mol. The van der Waals surface area contributed by atoms with Crippen molar-refractivity contribution in [2.75, 3.05) is 0 Å². The van der Waals surface area contributed by atoms with Crippen molar-refractivity contribution in [3.05, 3.63) is 94.7 Å². The summed E-state index contributed by atoms with van der Waals surface area (Å²) in [5.41, 5.74) is 6.98. The molecule has 4 nitrogen and oxygen atoms in total. The highest BCUT2D eigenvalue weighted by atomic mass is 79.9. The lowest BCUT2D eigenvalue weighted by atomic mass is 10.1. The molecule has 0 amide bonds. The van der Waals surface area contributed by atoms with E-state index in [-0.39, 0.29) is 0 Å². The van der Waals surface area contributed by atoms with E-state index in [1.165, 1.54) is 32.0 Å². The first-order valence-electron chi connectivity index (χ1n) is 10.7. The first kappa shape index (κ1) is 18.6. The van der Waals surface area contributed by atoms with E-state index in [4.69, 9.17) is 0 Å². The fourth-order valence-electron chi connectivity index (χ4n) is 4.63. The van der Waals surface area contributed by atoms with Gasteiger partial charge in [0.15, 0.2) is 0 Å². The van der Waals surface area contributed by atoms with E-state index in [9.17, 15) is 0 Å². The molecule has 2 heterocycles. The molecule has 0 atom stereocenters. The molecule has 0 spiro atoms. The van der Waals surface area contributed by atoms with E-state index in [0.29, 0.717) is 0 Å². The van der Waals surface area contributed by atoms with Gasteiger partial charge in [0.05, 0.1) is 28.1 Å². The second-order valence-electron chi connectivity index (χ2n) is 7.97. The van der Waals surface area contributed by atoms with Gasteiger partial charge in [0, 0.05) is 16.5 Å². The van der Waals surface area contributed by atoms with Crippen LogP contribution in [0.3, 0.4) is 0 Å². The molecule has 0 fully saturated rings. The van der Waals surface area contributed by atoms with Crippen molar-refractivity contribution in [2.24, 2.45) is 0 Å². The molecule has 1 aliphatic carbocycles. The number of rotatable bonds is 2. The van der Waals surface area contributed by atoms with E-state index < -0.39 is 0 Å². The molecule has 3 aromatic carbocycles. The van der Waals surface area contributed by atoms with Crippen LogP contribution in [0.4, 0.5) is 0 Å². The van der Waals surface area contributed by atoms with Crippen LogP contribution in [-0.4, -0.2) is 19.6 Å². The summed E-state index contributed by atoms with van der Waals surface area (Å²) < 4.78 is 5.61. The van der Waals surface area contributed by atoms with E-state index in [1.807, 2.05) is 4.68 Å². The zero-order valence-corrected chi connectivity index (χ0v) is 18.6. The standard InChI is InChI=1S/C26H21BrN4/c27-18-6-5-11-26-23(17-12-18)28-29-31(26)20-15-13-19(14-16-20)30-24-9-3-1-7-21(24)22-8-2-4-10-25(22)30/h1-4,6-10,13-16H,5,11-12,17H2/b18-6+. The molecular weight excluding hydrogens is 448 g/mol. The van der Waals surface area contributed by atoms with Crippen molar-refractivity contribution >= 4 is 37.7 Å². The average Bonchev–Trinajstić information content (AvgIpc) is 3.35. The highest BCUT2D eigenvalue weighted by Gasteiger charge is 2.17. The largest absolute Gasteiger partial charge is 0.309 e. The third kappa shape index (κ3) is 3.12. The molecule has 1 aliphatic rings. The zero-order chi connectivity index (χ0) is 20.8. The Morgan fingerprint density at radius 2 is 1.35 bits per heavy atom. The third-order valence-corrected chi connectivity index (χ3v) is 6.84. The zero-order valence-electron chi connectivity index (χ0n) is 17.0. The highest BCUT2D eigenvalue weighted by Crippen LogP contribution is 2.32. The van der Waals surface area contributed by atoms with Gasteiger partial charge in [-0.2, -0.15) is 0 Å². The minimum atomic E-state index is 0.922. The van der Waals surface area contributed by atoms with Crippen molar-refractivity contribution in [2.45, 2.75) is 25.7 Å². The molecule has 2 aromatic heterocycles. The SMILES string of the molecule is Br/C1=C/CCc2c(nnn2-c2ccc(-n3c4ccccc4c4ccccc43)cc2)CC1. The van der Waals surface area contributed by atoms with Gasteiger partial charge in [0.1, 0.15) is 0 Å². The van der Waals surface area contributed by atoms with Crippen molar-refractivity contribution in [1.29, 1.82) is 0 Å². The quantitative estimate of drug-likeness (QED) is 0.295. The van der Waals surface area contributed by atoms with E-state index in [1.54, 1.807) is 0 Å². The van der Waals surface area contributed by atoms with Crippen molar-refractivity contribution in [3.63, 3.8) is 0 Å². The van der Waals surface area contributed by atoms with Crippen LogP contribution in [0.25, 0.3) is 33.2 Å². The number of fused-ring (bicyclic) bond motifs is 4. The fraction of sp³-hybridized carbons (Fsp3) is 0.154. The predicted molar refractivity (Wildman–Crippen MR) is 129 cm³/mol. The Labute approximate surface area is 188 Å². The van der Waals surface area contributed by atoms with Gasteiger partial charge in [0.2, 0.25) is 0 Å². The van der Waals surface area contributed by atoms with Gasteiger partial charge in [0.25, 0.3) is 0 Å². The molecule has 0 saturated carbocycles. The van der Waals surface area contributed by atoms with Gasteiger partial charge in [-0.05, 0) is 66.6 Å². The van der Waals surface area contributed by atoms with Crippen LogP contribution < -0.4 is 0 Å². The Kier molecular flexibility index (Phi) is 4.50. The number of aryl methyl sites for hydroxylation is 1. The molecule has 152 valence electrons. The van der Waals surface area contributed by atoms with E-state index in [0.717, 1.165) is 42.8 Å². The van der Waals surface area contributed by atoms with Crippen LogP contribution >= 0.6 is 15.9 Å². The van der Waals surface area contributed by atoms with Gasteiger partial charge in [-0.15, -0.1) is 5.10 Å². The maximum atomic E-state index is 4.49. The molecule has 0 aliphatic heterocycles. The van der Waals surface area contributed by atoms with Crippen molar-refractivity contribution < 1.29 is 0 Å². The number of para-hydroxylation sites is 2. The first-order chi connectivity index (χ1) is 15.3. The summed E-state index contributed by atoms with van der Waals surface area (Å²) >= 11 is 3.64. The number of hydrogen-bond acceptors (Lipinski definition) is 2. The number of benzene rings is 3.